The first-order chi connectivity index (χ1) is 17.3. The summed E-state index contributed by atoms with van der Waals surface area (Å²) in [5.41, 5.74) is 3.12. The van der Waals surface area contributed by atoms with Gasteiger partial charge in [0, 0.05) is 29.0 Å². The van der Waals surface area contributed by atoms with Crippen molar-refractivity contribution in [3.63, 3.8) is 0 Å². The summed E-state index contributed by atoms with van der Waals surface area (Å²) in [6.45, 7) is 4.24. The van der Waals surface area contributed by atoms with Gasteiger partial charge in [-0.15, -0.1) is 0 Å². The van der Waals surface area contributed by atoms with Crippen LogP contribution in [0.1, 0.15) is 31.2 Å². The molecule has 3 aliphatic rings. The Balaban J connectivity index is 1.22. The largest absolute Gasteiger partial charge is 0.338 e. The fourth-order valence-corrected chi connectivity index (χ4v) is 6.38. The number of amides is 1. The third-order valence-electron chi connectivity index (χ3n) is 7.02. The number of benzene rings is 2. The number of anilines is 5. The van der Waals surface area contributed by atoms with Crippen molar-refractivity contribution in [1.82, 2.24) is 9.97 Å². The number of hydrogen-bond donors (Lipinski definition) is 2. The van der Waals surface area contributed by atoms with Crippen LogP contribution in [0.5, 0.6) is 0 Å². The molecule has 2 fully saturated rings. The van der Waals surface area contributed by atoms with Crippen molar-refractivity contribution in [2.24, 2.45) is 0 Å². The molecule has 0 saturated heterocycles. The minimum Gasteiger partial charge on any atom is -0.338 e. The van der Waals surface area contributed by atoms with E-state index >= 15 is 0 Å². The van der Waals surface area contributed by atoms with Gasteiger partial charge in [0.1, 0.15) is 0 Å². The second-order valence-corrected chi connectivity index (χ2v) is 11.8. The van der Waals surface area contributed by atoms with E-state index in [0.29, 0.717) is 30.8 Å². The van der Waals surface area contributed by atoms with Crippen molar-refractivity contribution in [2.75, 3.05) is 22.1 Å². The van der Waals surface area contributed by atoms with Crippen molar-refractivity contribution in [3.05, 3.63) is 72.7 Å². The number of nitrogens with one attached hydrogen (secondary N) is 2. The molecule has 184 valence electrons. The number of carbonyl (C=O) groups is 1. The summed E-state index contributed by atoms with van der Waals surface area (Å²) < 4.78 is 39.3. The Kier molecular flexibility index (Phi) is 5.11. The topological polar surface area (TPSA) is 104 Å². The summed E-state index contributed by atoms with van der Waals surface area (Å²) in [5, 5.41) is 5.70. The number of sulfone groups is 1. The number of aromatic nitrogens is 2. The normalized spacial score (nSPS) is 17.5. The minimum absolute atomic E-state index is 0.0251. The molecule has 0 unspecified atom stereocenters. The van der Waals surface area contributed by atoms with E-state index in [2.05, 4.69) is 27.2 Å². The monoisotopic (exact) mass is 505 g/mol. The lowest BCUT2D eigenvalue weighted by atomic mass is 9.98. The van der Waals surface area contributed by atoms with Gasteiger partial charge < -0.3 is 15.5 Å². The highest BCUT2D eigenvalue weighted by molar-refractivity contribution is 7.92. The Morgan fingerprint density at radius 3 is 2.50 bits per heavy atom. The van der Waals surface area contributed by atoms with Crippen molar-refractivity contribution in [3.8, 4) is 0 Å². The highest BCUT2D eigenvalue weighted by atomic mass is 32.2. The lowest BCUT2D eigenvalue weighted by molar-refractivity contribution is -0.114. The molecule has 3 aromatic rings. The van der Waals surface area contributed by atoms with Crippen LogP contribution in [0.4, 0.5) is 33.2 Å². The average Bonchev–Trinajstić information content (AvgIpc) is 3.79. The maximum Gasteiger partial charge on any atom is 0.250 e. The molecule has 2 aromatic carbocycles. The fraction of sp³-hybridized carbons (Fsp3) is 0.269. The van der Waals surface area contributed by atoms with Gasteiger partial charge in [-0.3, -0.25) is 4.79 Å². The van der Waals surface area contributed by atoms with Gasteiger partial charge in [0.25, 0.3) is 0 Å². The third kappa shape index (κ3) is 3.91. The number of fused-ring (bicyclic) bond motifs is 2. The Bertz CT molecular complexity index is 1500. The molecule has 2 aliphatic carbocycles. The van der Waals surface area contributed by atoms with Gasteiger partial charge in [-0.05, 0) is 73.7 Å². The predicted molar refractivity (Wildman–Crippen MR) is 135 cm³/mol. The van der Waals surface area contributed by atoms with Crippen LogP contribution in [0.2, 0.25) is 0 Å². The lowest BCUT2D eigenvalue weighted by Crippen LogP contribution is -2.29. The average molecular weight is 506 g/mol. The molecule has 2 saturated carbocycles. The molecule has 6 rings (SSSR count). The molecule has 8 nitrogen and oxygen atoms in total. The van der Waals surface area contributed by atoms with E-state index in [1.165, 1.54) is 6.08 Å². The summed E-state index contributed by atoms with van der Waals surface area (Å²) >= 11 is 0. The Hall–Kier alpha value is -3.79. The van der Waals surface area contributed by atoms with Crippen molar-refractivity contribution < 1.29 is 17.6 Å². The first kappa shape index (κ1) is 22.7. The van der Waals surface area contributed by atoms with E-state index in [4.69, 9.17) is 0 Å². The second kappa shape index (κ2) is 8.12. The molecule has 2 heterocycles. The molecule has 1 aliphatic heterocycles. The molecular weight excluding hydrogens is 481 g/mol. The van der Waals surface area contributed by atoms with Crippen molar-refractivity contribution in [2.45, 2.75) is 41.2 Å². The van der Waals surface area contributed by atoms with Crippen LogP contribution in [0.25, 0.3) is 0 Å². The van der Waals surface area contributed by atoms with Gasteiger partial charge in [0.2, 0.25) is 11.9 Å². The summed E-state index contributed by atoms with van der Waals surface area (Å²) in [5.74, 6) is -0.670. The van der Waals surface area contributed by atoms with Crippen LogP contribution in [-0.2, 0) is 20.0 Å². The molecule has 1 amide bonds. The number of hydrogen-bond acceptors (Lipinski definition) is 7. The molecule has 0 radical (unpaired) electrons. The van der Waals surface area contributed by atoms with E-state index < -0.39 is 15.7 Å². The highest BCUT2D eigenvalue weighted by Crippen LogP contribution is 2.57. The molecule has 10 heteroatoms. The Morgan fingerprint density at radius 1 is 1.11 bits per heavy atom. The number of halogens is 1. The summed E-state index contributed by atoms with van der Waals surface area (Å²) in [7, 11) is -3.27. The minimum atomic E-state index is -3.27. The number of carbonyl (C=O) groups excluding carboxylic acids is 1. The van der Waals surface area contributed by atoms with Crippen LogP contribution in [0.3, 0.4) is 0 Å². The van der Waals surface area contributed by atoms with Crippen LogP contribution in [0, 0.1) is 5.82 Å². The smallest absolute Gasteiger partial charge is 0.250 e. The zero-order valence-corrected chi connectivity index (χ0v) is 20.2. The molecule has 0 bridgehead atoms. The van der Waals surface area contributed by atoms with Crippen LogP contribution in [-0.4, -0.2) is 36.1 Å². The van der Waals surface area contributed by atoms with Gasteiger partial charge in [0.05, 0.1) is 16.3 Å². The van der Waals surface area contributed by atoms with Gasteiger partial charge in [0.15, 0.2) is 21.5 Å². The van der Waals surface area contributed by atoms with Gasteiger partial charge in [-0.2, -0.15) is 4.98 Å². The van der Waals surface area contributed by atoms with Crippen molar-refractivity contribution in [1.29, 1.82) is 0 Å². The number of nitrogens with zero attached hydrogens (tertiary/aromatic N) is 3. The summed E-state index contributed by atoms with van der Waals surface area (Å²) in [6, 6.07) is 12.0. The number of rotatable bonds is 7. The molecule has 1 aromatic heterocycles. The second-order valence-electron chi connectivity index (χ2n) is 9.55. The van der Waals surface area contributed by atoms with Crippen LogP contribution < -0.4 is 15.5 Å². The summed E-state index contributed by atoms with van der Waals surface area (Å²) in [6.07, 6.45) is 5.85. The molecule has 1 spiro atoms. The van der Waals surface area contributed by atoms with E-state index in [1.807, 2.05) is 18.2 Å². The van der Waals surface area contributed by atoms with Gasteiger partial charge in [-0.1, -0.05) is 12.6 Å². The lowest BCUT2D eigenvalue weighted by Gasteiger charge is -2.16. The van der Waals surface area contributed by atoms with E-state index in [0.717, 1.165) is 30.3 Å². The predicted octanol–water partition coefficient (Wildman–Crippen LogP) is 4.60. The fourth-order valence-electron chi connectivity index (χ4n) is 4.72. The van der Waals surface area contributed by atoms with Crippen LogP contribution in [0.15, 0.2) is 66.2 Å². The maximum absolute atomic E-state index is 14.6. The molecule has 0 atom stereocenters. The standard InChI is InChI=1S/C26H24FN5O3S/c1-2-23(33)32-15-26(11-12-26)20-10-5-17(13-22(20)32)29-24-21(27)14-28-25(31-24)30-16-3-6-18(7-4-16)36(34,35)19-8-9-19/h2-7,10,13-14,19H,1,8-9,11-12,15H2,(H2,28,29,30,31). The maximum atomic E-state index is 14.6. The van der Waals surface area contributed by atoms with Gasteiger partial charge >= 0.3 is 0 Å². The first-order valence-corrected chi connectivity index (χ1v) is 13.3. The van der Waals surface area contributed by atoms with E-state index in [1.54, 1.807) is 29.2 Å². The highest BCUT2D eigenvalue weighted by Gasteiger charge is 2.52. The molecular formula is C26H24FN5O3S. The zero-order chi connectivity index (χ0) is 25.1. The summed E-state index contributed by atoms with van der Waals surface area (Å²) in [4.78, 5) is 22.7. The van der Waals surface area contributed by atoms with Gasteiger partial charge in [-0.25, -0.2) is 17.8 Å². The van der Waals surface area contributed by atoms with Crippen molar-refractivity contribution >= 4 is 44.6 Å². The quantitative estimate of drug-likeness (QED) is 0.452. The van der Waals surface area contributed by atoms with E-state index in [9.17, 15) is 17.6 Å². The SMILES string of the molecule is C=CC(=O)N1CC2(CC2)c2ccc(Nc3nc(Nc4ccc(S(=O)(=O)C5CC5)cc4)ncc3F)cc21. The molecule has 2 N–H and O–H groups in total. The first-order valence-electron chi connectivity index (χ1n) is 11.8. The Morgan fingerprint density at radius 2 is 1.83 bits per heavy atom. The molecule has 36 heavy (non-hydrogen) atoms. The van der Waals surface area contributed by atoms with E-state index in [-0.39, 0.29) is 33.2 Å². The Labute approximate surface area is 208 Å². The zero-order valence-electron chi connectivity index (χ0n) is 19.4. The van der Waals surface area contributed by atoms with Crippen LogP contribution >= 0.6 is 0 Å². The third-order valence-corrected chi connectivity index (χ3v) is 9.30.